The first kappa shape index (κ1) is 15.0. The second kappa shape index (κ2) is 7.38. The van der Waals surface area contributed by atoms with Crippen molar-refractivity contribution in [1.29, 1.82) is 0 Å². The molecule has 0 aliphatic heterocycles. The van der Waals surface area contributed by atoms with Gasteiger partial charge in [0.15, 0.2) is 0 Å². The highest BCUT2D eigenvalue weighted by molar-refractivity contribution is 4.79. The Morgan fingerprint density at radius 3 is 2.47 bits per heavy atom. The standard InChI is InChI=1S/C15H31NO/c1-5-16-14-10-8-6-7-9-13(14)11-12-17-15(2,3)4/h13-14,16H,5-12H2,1-4H3. The molecule has 0 aromatic carbocycles. The van der Waals surface area contributed by atoms with Crippen molar-refractivity contribution in [3.05, 3.63) is 0 Å². The Morgan fingerprint density at radius 1 is 1.12 bits per heavy atom. The molecular formula is C15H31NO. The maximum atomic E-state index is 5.87. The summed E-state index contributed by atoms with van der Waals surface area (Å²) in [5, 5.41) is 3.67. The van der Waals surface area contributed by atoms with Crippen LogP contribution in [0.25, 0.3) is 0 Å². The molecule has 0 amide bonds. The van der Waals surface area contributed by atoms with Crippen molar-refractivity contribution in [3.63, 3.8) is 0 Å². The highest BCUT2D eigenvalue weighted by atomic mass is 16.5. The zero-order chi connectivity index (χ0) is 12.7. The van der Waals surface area contributed by atoms with Crippen molar-refractivity contribution in [2.45, 2.75) is 77.9 Å². The highest BCUT2D eigenvalue weighted by Gasteiger charge is 2.23. The van der Waals surface area contributed by atoms with Crippen LogP contribution in [0, 0.1) is 5.92 Å². The number of hydrogen-bond acceptors (Lipinski definition) is 2. The second-order valence-electron chi connectivity index (χ2n) is 6.31. The van der Waals surface area contributed by atoms with E-state index in [9.17, 15) is 0 Å². The van der Waals surface area contributed by atoms with Crippen molar-refractivity contribution in [2.75, 3.05) is 13.2 Å². The monoisotopic (exact) mass is 241 g/mol. The Balaban J connectivity index is 2.35. The molecule has 2 heteroatoms. The third-order valence-electron chi connectivity index (χ3n) is 3.65. The molecular weight excluding hydrogens is 210 g/mol. The number of nitrogens with one attached hydrogen (secondary N) is 1. The first-order chi connectivity index (χ1) is 8.03. The van der Waals surface area contributed by atoms with E-state index >= 15 is 0 Å². The van der Waals surface area contributed by atoms with Gasteiger partial charge in [0.05, 0.1) is 5.60 Å². The molecule has 0 bridgehead atoms. The van der Waals surface area contributed by atoms with E-state index in [2.05, 4.69) is 33.0 Å². The third-order valence-corrected chi connectivity index (χ3v) is 3.65. The van der Waals surface area contributed by atoms with Crippen LogP contribution < -0.4 is 5.32 Å². The van der Waals surface area contributed by atoms with Crippen molar-refractivity contribution >= 4 is 0 Å². The molecule has 1 aliphatic rings. The van der Waals surface area contributed by atoms with Gasteiger partial charge in [-0.1, -0.05) is 26.2 Å². The van der Waals surface area contributed by atoms with Crippen molar-refractivity contribution in [3.8, 4) is 0 Å². The zero-order valence-electron chi connectivity index (χ0n) is 12.2. The molecule has 0 spiro atoms. The van der Waals surface area contributed by atoms with Crippen LogP contribution in [0.15, 0.2) is 0 Å². The normalized spacial score (nSPS) is 26.8. The SMILES string of the molecule is CCNC1CCCCCC1CCOC(C)(C)C. The van der Waals surface area contributed by atoms with E-state index in [4.69, 9.17) is 4.74 Å². The third kappa shape index (κ3) is 6.42. The molecule has 0 aromatic heterocycles. The van der Waals surface area contributed by atoms with Gasteiger partial charge in [-0.2, -0.15) is 0 Å². The van der Waals surface area contributed by atoms with E-state index in [0.717, 1.165) is 25.1 Å². The van der Waals surface area contributed by atoms with Crippen LogP contribution in [0.1, 0.15) is 66.2 Å². The summed E-state index contributed by atoms with van der Waals surface area (Å²) in [5.74, 6) is 0.819. The molecule has 2 nitrogen and oxygen atoms in total. The topological polar surface area (TPSA) is 21.3 Å². The Bertz CT molecular complexity index is 198. The van der Waals surface area contributed by atoms with Crippen LogP contribution in [-0.2, 0) is 4.74 Å². The number of ether oxygens (including phenoxy) is 1. The fourth-order valence-corrected chi connectivity index (χ4v) is 2.78. The lowest BCUT2D eigenvalue weighted by atomic mass is 9.91. The van der Waals surface area contributed by atoms with Crippen LogP contribution in [0.5, 0.6) is 0 Å². The maximum absolute atomic E-state index is 5.87. The van der Waals surface area contributed by atoms with E-state index in [1.165, 1.54) is 38.5 Å². The van der Waals surface area contributed by atoms with Gasteiger partial charge in [0.2, 0.25) is 0 Å². The van der Waals surface area contributed by atoms with Crippen molar-refractivity contribution < 1.29 is 4.74 Å². The highest BCUT2D eigenvalue weighted by Crippen LogP contribution is 2.26. The molecule has 0 heterocycles. The number of hydrogen-bond donors (Lipinski definition) is 1. The molecule has 102 valence electrons. The van der Waals surface area contributed by atoms with Crippen LogP contribution in [0.2, 0.25) is 0 Å². The smallest absolute Gasteiger partial charge is 0.0598 e. The summed E-state index contributed by atoms with van der Waals surface area (Å²) in [4.78, 5) is 0. The lowest BCUT2D eigenvalue weighted by molar-refractivity contribution is -0.0114. The molecule has 0 radical (unpaired) electrons. The Morgan fingerprint density at radius 2 is 1.82 bits per heavy atom. The summed E-state index contributed by atoms with van der Waals surface area (Å²) < 4.78 is 5.87. The van der Waals surface area contributed by atoms with Crippen LogP contribution in [0.3, 0.4) is 0 Å². The second-order valence-corrected chi connectivity index (χ2v) is 6.31. The lowest BCUT2D eigenvalue weighted by Gasteiger charge is -2.27. The summed E-state index contributed by atoms with van der Waals surface area (Å²) >= 11 is 0. The molecule has 0 aromatic rings. The Hall–Kier alpha value is -0.0800. The quantitative estimate of drug-likeness (QED) is 0.740. The molecule has 2 atom stereocenters. The molecule has 1 rings (SSSR count). The molecule has 1 fully saturated rings. The lowest BCUT2D eigenvalue weighted by Crippen LogP contribution is -2.36. The minimum Gasteiger partial charge on any atom is -0.376 e. The molecule has 0 saturated heterocycles. The van der Waals surface area contributed by atoms with Gasteiger partial charge >= 0.3 is 0 Å². The molecule has 1 aliphatic carbocycles. The molecule has 2 unspecified atom stereocenters. The van der Waals surface area contributed by atoms with Gasteiger partial charge in [-0.25, -0.2) is 0 Å². The van der Waals surface area contributed by atoms with Crippen molar-refractivity contribution in [1.82, 2.24) is 5.32 Å². The predicted octanol–water partition coefficient (Wildman–Crippen LogP) is 3.75. The summed E-state index contributed by atoms with van der Waals surface area (Å²) in [6.07, 6.45) is 8.17. The average Bonchev–Trinajstić information content (AvgIpc) is 2.43. The van der Waals surface area contributed by atoms with Gasteiger partial charge < -0.3 is 10.1 Å². The average molecular weight is 241 g/mol. The van der Waals surface area contributed by atoms with E-state index in [1.807, 2.05) is 0 Å². The molecule has 17 heavy (non-hydrogen) atoms. The fraction of sp³-hybridized carbons (Fsp3) is 1.00. The van der Waals surface area contributed by atoms with E-state index in [0.29, 0.717) is 0 Å². The first-order valence-electron chi connectivity index (χ1n) is 7.40. The summed E-state index contributed by atoms with van der Waals surface area (Å²) in [6.45, 7) is 10.6. The Labute approximate surface area is 108 Å². The van der Waals surface area contributed by atoms with Gasteiger partial charge in [0.1, 0.15) is 0 Å². The largest absolute Gasteiger partial charge is 0.376 e. The summed E-state index contributed by atoms with van der Waals surface area (Å²) in [6, 6.07) is 0.728. The maximum Gasteiger partial charge on any atom is 0.0598 e. The zero-order valence-corrected chi connectivity index (χ0v) is 12.2. The van der Waals surface area contributed by atoms with E-state index in [-0.39, 0.29) is 5.60 Å². The molecule has 1 saturated carbocycles. The van der Waals surface area contributed by atoms with Gasteiger partial charge in [0.25, 0.3) is 0 Å². The van der Waals surface area contributed by atoms with Gasteiger partial charge in [-0.05, 0) is 52.5 Å². The van der Waals surface area contributed by atoms with Crippen molar-refractivity contribution in [2.24, 2.45) is 5.92 Å². The summed E-state index contributed by atoms with van der Waals surface area (Å²) in [5.41, 5.74) is 0.0123. The van der Waals surface area contributed by atoms with E-state index < -0.39 is 0 Å². The number of rotatable bonds is 5. The first-order valence-corrected chi connectivity index (χ1v) is 7.40. The molecule has 1 N–H and O–H groups in total. The van der Waals surface area contributed by atoms with Gasteiger partial charge in [0, 0.05) is 12.6 Å². The summed E-state index contributed by atoms with van der Waals surface area (Å²) in [7, 11) is 0. The fourth-order valence-electron chi connectivity index (χ4n) is 2.78. The van der Waals surface area contributed by atoms with Crippen LogP contribution >= 0.6 is 0 Å². The minimum absolute atomic E-state index is 0.0123. The van der Waals surface area contributed by atoms with Crippen LogP contribution in [0.4, 0.5) is 0 Å². The minimum atomic E-state index is 0.0123. The Kier molecular flexibility index (Phi) is 6.50. The van der Waals surface area contributed by atoms with Crippen LogP contribution in [-0.4, -0.2) is 24.8 Å². The predicted molar refractivity (Wildman–Crippen MR) is 74.4 cm³/mol. The van der Waals surface area contributed by atoms with E-state index in [1.54, 1.807) is 0 Å². The van der Waals surface area contributed by atoms with Gasteiger partial charge in [-0.3, -0.25) is 0 Å². The van der Waals surface area contributed by atoms with Gasteiger partial charge in [-0.15, -0.1) is 0 Å².